The molecule has 2 amide bonds. The Bertz CT molecular complexity index is 858. The maximum absolute atomic E-state index is 12.4. The third-order valence-corrected chi connectivity index (χ3v) is 4.68. The highest BCUT2D eigenvalue weighted by Gasteiger charge is 2.34. The minimum atomic E-state index is -0.242. The van der Waals surface area contributed by atoms with E-state index in [0.717, 1.165) is 18.7 Å². The first-order valence-electron chi connectivity index (χ1n) is 9.74. The number of benzene rings is 2. The summed E-state index contributed by atoms with van der Waals surface area (Å²) in [5.41, 5.74) is 2.12. The fourth-order valence-electron chi connectivity index (χ4n) is 3.16. The number of imide groups is 1. The first kappa shape index (κ1) is 20.4. The molecule has 0 spiro atoms. The van der Waals surface area contributed by atoms with Crippen LogP contribution in [0.5, 0.6) is 5.75 Å². The molecule has 0 radical (unpaired) electrons. The molecule has 1 heterocycles. The number of nitrogens with zero attached hydrogens (tertiary/aromatic N) is 2. The fourth-order valence-corrected chi connectivity index (χ4v) is 3.16. The number of aliphatic imine (C=N–C) groups is 1. The van der Waals surface area contributed by atoms with Crippen LogP contribution >= 0.6 is 0 Å². The monoisotopic (exact) mass is 394 g/mol. The number of fused-ring (bicyclic) bond motifs is 1. The van der Waals surface area contributed by atoms with Crippen molar-refractivity contribution in [3.63, 3.8) is 0 Å². The smallest absolute Gasteiger partial charge is 0.261 e. The van der Waals surface area contributed by atoms with Crippen LogP contribution in [0.2, 0.25) is 0 Å². The molecule has 0 fully saturated rings. The molecule has 3 rings (SSSR count). The molecule has 7 heteroatoms. The zero-order valence-electron chi connectivity index (χ0n) is 16.8. The lowest BCUT2D eigenvalue weighted by molar-refractivity contribution is 0.0657. The van der Waals surface area contributed by atoms with Crippen molar-refractivity contribution in [2.24, 2.45) is 4.99 Å². The van der Waals surface area contributed by atoms with Crippen molar-refractivity contribution in [3.8, 4) is 5.75 Å². The van der Waals surface area contributed by atoms with Gasteiger partial charge < -0.3 is 15.4 Å². The summed E-state index contributed by atoms with van der Waals surface area (Å²) in [6, 6.07) is 14.8. The van der Waals surface area contributed by atoms with Crippen LogP contribution in [-0.2, 0) is 6.42 Å². The van der Waals surface area contributed by atoms with Crippen LogP contribution in [0.15, 0.2) is 53.5 Å². The standard InChI is InChI=1S/C22H26N4O3/c1-3-23-22(24-13-12-16-8-10-17(29-2)11-9-16)25-14-15-26-20(27)18-6-4-5-7-19(18)21(26)28/h4-11H,3,12-15H2,1-2H3,(H2,23,24,25). The van der Waals surface area contributed by atoms with Crippen molar-refractivity contribution in [3.05, 3.63) is 65.2 Å². The van der Waals surface area contributed by atoms with Crippen LogP contribution in [-0.4, -0.2) is 56.0 Å². The highest BCUT2D eigenvalue weighted by molar-refractivity contribution is 6.21. The Balaban J connectivity index is 1.51. The minimum absolute atomic E-state index is 0.242. The van der Waals surface area contributed by atoms with Crippen molar-refractivity contribution in [1.82, 2.24) is 15.5 Å². The largest absolute Gasteiger partial charge is 0.497 e. The van der Waals surface area contributed by atoms with Gasteiger partial charge in [0.1, 0.15) is 5.75 Å². The van der Waals surface area contributed by atoms with Crippen LogP contribution in [0.4, 0.5) is 0 Å². The van der Waals surface area contributed by atoms with Crippen LogP contribution in [0.3, 0.4) is 0 Å². The van der Waals surface area contributed by atoms with Gasteiger partial charge in [0.2, 0.25) is 0 Å². The zero-order valence-corrected chi connectivity index (χ0v) is 16.8. The minimum Gasteiger partial charge on any atom is -0.497 e. The summed E-state index contributed by atoms with van der Waals surface area (Å²) in [5, 5.41) is 6.38. The number of ether oxygens (including phenoxy) is 1. The normalized spacial score (nSPS) is 13.4. The van der Waals surface area contributed by atoms with E-state index >= 15 is 0 Å². The fraction of sp³-hybridized carbons (Fsp3) is 0.318. The average Bonchev–Trinajstić information content (AvgIpc) is 2.99. The second-order valence-electron chi connectivity index (χ2n) is 6.59. The molecular weight excluding hydrogens is 368 g/mol. The third-order valence-electron chi connectivity index (χ3n) is 4.68. The Labute approximate surface area is 170 Å². The van der Waals surface area contributed by atoms with Gasteiger partial charge in [-0.1, -0.05) is 24.3 Å². The van der Waals surface area contributed by atoms with Crippen molar-refractivity contribution >= 4 is 17.8 Å². The van der Waals surface area contributed by atoms with Gasteiger partial charge in [-0.05, 0) is 43.2 Å². The van der Waals surface area contributed by atoms with Crippen molar-refractivity contribution in [2.75, 3.05) is 33.3 Å². The molecule has 152 valence electrons. The topological polar surface area (TPSA) is 83.0 Å². The molecule has 2 aromatic rings. The summed E-state index contributed by atoms with van der Waals surface area (Å²) in [6.45, 7) is 4.05. The number of carbonyl (C=O) groups excluding carboxylic acids is 2. The van der Waals surface area contributed by atoms with E-state index in [-0.39, 0.29) is 18.4 Å². The highest BCUT2D eigenvalue weighted by atomic mass is 16.5. The lowest BCUT2D eigenvalue weighted by Gasteiger charge is -2.16. The lowest BCUT2D eigenvalue weighted by atomic mass is 10.1. The number of methoxy groups -OCH3 is 1. The van der Waals surface area contributed by atoms with Gasteiger partial charge in [0.25, 0.3) is 11.8 Å². The summed E-state index contributed by atoms with van der Waals surface area (Å²) in [4.78, 5) is 30.7. The highest BCUT2D eigenvalue weighted by Crippen LogP contribution is 2.21. The summed E-state index contributed by atoms with van der Waals surface area (Å²) in [5.74, 6) is 1.01. The molecule has 7 nitrogen and oxygen atoms in total. The molecular formula is C22H26N4O3. The van der Waals surface area contributed by atoms with Gasteiger partial charge in [0.15, 0.2) is 5.96 Å². The van der Waals surface area contributed by atoms with E-state index in [9.17, 15) is 9.59 Å². The predicted octanol–water partition coefficient (Wildman–Crippen LogP) is 2.09. The van der Waals surface area contributed by atoms with Gasteiger partial charge >= 0.3 is 0 Å². The number of amides is 2. The van der Waals surface area contributed by atoms with Crippen molar-refractivity contribution < 1.29 is 14.3 Å². The van der Waals surface area contributed by atoms with E-state index in [4.69, 9.17) is 4.74 Å². The van der Waals surface area contributed by atoms with E-state index < -0.39 is 0 Å². The summed E-state index contributed by atoms with van der Waals surface area (Å²) >= 11 is 0. The van der Waals surface area contributed by atoms with Gasteiger partial charge in [0.05, 0.1) is 18.2 Å². The molecule has 0 aromatic heterocycles. The van der Waals surface area contributed by atoms with Crippen molar-refractivity contribution in [2.45, 2.75) is 13.3 Å². The number of rotatable bonds is 8. The molecule has 0 bridgehead atoms. The van der Waals surface area contributed by atoms with Gasteiger partial charge in [-0.2, -0.15) is 0 Å². The average molecular weight is 394 g/mol. The Hall–Kier alpha value is -3.35. The first-order valence-corrected chi connectivity index (χ1v) is 9.74. The van der Waals surface area contributed by atoms with Gasteiger partial charge in [-0.25, -0.2) is 0 Å². The SMILES string of the molecule is CCNC(=NCCc1ccc(OC)cc1)NCCN1C(=O)c2ccccc2C1=O. The molecule has 0 aliphatic carbocycles. The van der Waals surface area contributed by atoms with Crippen LogP contribution in [0, 0.1) is 0 Å². The quantitative estimate of drug-likeness (QED) is 0.407. The Kier molecular flexibility index (Phi) is 6.84. The van der Waals surface area contributed by atoms with E-state index in [1.807, 2.05) is 31.2 Å². The summed E-state index contributed by atoms with van der Waals surface area (Å²) in [7, 11) is 1.65. The third kappa shape index (κ3) is 4.93. The molecule has 1 aliphatic heterocycles. The van der Waals surface area contributed by atoms with E-state index in [0.29, 0.717) is 30.2 Å². The number of carbonyl (C=O) groups is 2. The molecule has 1 aliphatic rings. The van der Waals surface area contributed by atoms with Crippen molar-refractivity contribution in [1.29, 1.82) is 0 Å². The number of guanidine groups is 1. The second kappa shape index (κ2) is 9.73. The van der Waals surface area contributed by atoms with E-state index in [1.54, 1.807) is 31.4 Å². The zero-order chi connectivity index (χ0) is 20.6. The van der Waals surface area contributed by atoms with Gasteiger partial charge in [-0.15, -0.1) is 0 Å². The maximum atomic E-state index is 12.4. The first-order chi connectivity index (χ1) is 14.1. The molecule has 2 N–H and O–H groups in total. The Morgan fingerprint density at radius 3 is 2.24 bits per heavy atom. The number of hydrogen-bond donors (Lipinski definition) is 2. The number of nitrogens with one attached hydrogen (secondary N) is 2. The maximum Gasteiger partial charge on any atom is 0.261 e. The Morgan fingerprint density at radius 1 is 1.00 bits per heavy atom. The number of hydrogen-bond acceptors (Lipinski definition) is 4. The van der Waals surface area contributed by atoms with E-state index in [1.165, 1.54) is 10.5 Å². The lowest BCUT2D eigenvalue weighted by Crippen LogP contribution is -2.43. The molecule has 0 unspecified atom stereocenters. The molecule has 0 saturated heterocycles. The van der Waals surface area contributed by atoms with Crippen LogP contribution < -0.4 is 15.4 Å². The van der Waals surface area contributed by atoms with Crippen LogP contribution in [0.1, 0.15) is 33.2 Å². The molecule has 2 aromatic carbocycles. The predicted molar refractivity (Wildman–Crippen MR) is 112 cm³/mol. The summed E-state index contributed by atoms with van der Waals surface area (Å²) in [6.07, 6.45) is 0.805. The molecule has 0 saturated carbocycles. The molecule has 0 atom stereocenters. The van der Waals surface area contributed by atoms with E-state index in [2.05, 4.69) is 15.6 Å². The Morgan fingerprint density at radius 2 is 1.66 bits per heavy atom. The summed E-state index contributed by atoms with van der Waals surface area (Å²) < 4.78 is 5.17. The van der Waals surface area contributed by atoms with Gasteiger partial charge in [0, 0.05) is 26.2 Å². The van der Waals surface area contributed by atoms with Crippen LogP contribution in [0.25, 0.3) is 0 Å². The molecule has 29 heavy (non-hydrogen) atoms. The van der Waals surface area contributed by atoms with Gasteiger partial charge in [-0.3, -0.25) is 19.5 Å². The second-order valence-corrected chi connectivity index (χ2v) is 6.59.